The molecule has 4 nitrogen and oxygen atoms in total. The molecule has 0 atom stereocenters. The molecule has 0 aliphatic rings. The first kappa shape index (κ1) is 11.1. The van der Waals surface area contributed by atoms with Crippen LogP contribution in [0.15, 0.2) is 41.5 Å². The first-order valence-corrected chi connectivity index (χ1v) is 5.95. The normalized spacial score (nSPS) is 10.3. The predicted octanol–water partition coefficient (Wildman–Crippen LogP) is 2.54. The van der Waals surface area contributed by atoms with Gasteiger partial charge in [0.2, 0.25) is 0 Å². The predicted molar refractivity (Wildman–Crippen MR) is 67.3 cm³/mol. The third-order valence-electron chi connectivity index (χ3n) is 2.19. The summed E-state index contributed by atoms with van der Waals surface area (Å²) < 4.78 is 3.06. The average Bonchev–Trinajstić information content (AvgIpc) is 2.80. The highest BCUT2D eigenvalue weighted by Crippen LogP contribution is 2.10. The standard InChI is InChI=1S/C11H13BrN4/c12-10-2-3-11(15-8-10)14-4-1-6-16-7-5-13-9-16/h2-3,5,7-9H,1,4,6H2,(H,14,15). The van der Waals surface area contributed by atoms with E-state index in [0.29, 0.717) is 0 Å². The molecular weight excluding hydrogens is 268 g/mol. The maximum atomic E-state index is 4.24. The number of hydrogen-bond donors (Lipinski definition) is 1. The number of aryl methyl sites for hydroxylation is 1. The van der Waals surface area contributed by atoms with Gasteiger partial charge in [-0.1, -0.05) is 0 Å². The molecule has 5 heteroatoms. The van der Waals surface area contributed by atoms with Gasteiger partial charge in [0.05, 0.1) is 6.33 Å². The van der Waals surface area contributed by atoms with E-state index in [4.69, 9.17) is 0 Å². The Morgan fingerprint density at radius 3 is 3.00 bits per heavy atom. The smallest absolute Gasteiger partial charge is 0.125 e. The molecule has 2 heterocycles. The van der Waals surface area contributed by atoms with E-state index < -0.39 is 0 Å². The molecule has 0 unspecified atom stereocenters. The van der Waals surface area contributed by atoms with Crippen LogP contribution in [0.5, 0.6) is 0 Å². The Morgan fingerprint density at radius 2 is 2.31 bits per heavy atom. The lowest BCUT2D eigenvalue weighted by Crippen LogP contribution is -2.06. The summed E-state index contributed by atoms with van der Waals surface area (Å²) >= 11 is 3.35. The fraction of sp³-hybridized carbons (Fsp3) is 0.273. The van der Waals surface area contributed by atoms with Crippen LogP contribution in [-0.2, 0) is 6.54 Å². The maximum Gasteiger partial charge on any atom is 0.125 e. The Morgan fingerprint density at radius 1 is 1.38 bits per heavy atom. The van der Waals surface area contributed by atoms with Crippen molar-refractivity contribution in [1.82, 2.24) is 14.5 Å². The quantitative estimate of drug-likeness (QED) is 0.856. The van der Waals surface area contributed by atoms with Gasteiger partial charge >= 0.3 is 0 Å². The van der Waals surface area contributed by atoms with Crippen LogP contribution >= 0.6 is 15.9 Å². The fourth-order valence-electron chi connectivity index (χ4n) is 1.38. The van der Waals surface area contributed by atoms with Gasteiger partial charge in [-0.3, -0.25) is 0 Å². The van der Waals surface area contributed by atoms with Crippen LogP contribution in [0.25, 0.3) is 0 Å². The third-order valence-corrected chi connectivity index (χ3v) is 2.65. The minimum absolute atomic E-state index is 0.910. The molecule has 84 valence electrons. The van der Waals surface area contributed by atoms with Gasteiger partial charge in [-0.15, -0.1) is 0 Å². The first-order valence-electron chi connectivity index (χ1n) is 5.16. The van der Waals surface area contributed by atoms with Crippen molar-refractivity contribution in [1.29, 1.82) is 0 Å². The molecule has 16 heavy (non-hydrogen) atoms. The van der Waals surface area contributed by atoms with Crippen LogP contribution in [0.4, 0.5) is 5.82 Å². The van der Waals surface area contributed by atoms with Gasteiger partial charge in [0.25, 0.3) is 0 Å². The average molecular weight is 281 g/mol. The van der Waals surface area contributed by atoms with Gasteiger partial charge in [0, 0.05) is 36.2 Å². The molecule has 1 N–H and O–H groups in total. The van der Waals surface area contributed by atoms with Crippen molar-refractivity contribution in [2.24, 2.45) is 0 Å². The molecule has 2 rings (SSSR count). The second kappa shape index (κ2) is 5.65. The van der Waals surface area contributed by atoms with Crippen LogP contribution in [-0.4, -0.2) is 21.1 Å². The van der Waals surface area contributed by atoms with Gasteiger partial charge < -0.3 is 9.88 Å². The van der Waals surface area contributed by atoms with Crippen LogP contribution in [0.1, 0.15) is 6.42 Å². The molecule has 0 spiro atoms. The van der Waals surface area contributed by atoms with Crippen LogP contribution in [0, 0.1) is 0 Å². The molecule has 0 bridgehead atoms. The number of nitrogens with zero attached hydrogens (tertiary/aromatic N) is 3. The molecular formula is C11H13BrN4. The minimum Gasteiger partial charge on any atom is -0.370 e. The van der Waals surface area contributed by atoms with Crippen molar-refractivity contribution >= 4 is 21.7 Å². The van der Waals surface area contributed by atoms with E-state index in [1.165, 1.54) is 0 Å². The van der Waals surface area contributed by atoms with E-state index in [-0.39, 0.29) is 0 Å². The molecule has 0 saturated heterocycles. The van der Waals surface area contributed by atoms with Crippen molar-refractivity contribution in [2.75, 3.05) is 11.9 Å². The van der Waals surface area contributed by atoms with Gasteiger partial charge in [-0.05, 0) is 34.5 Å². The van der Waals surface area contributed by atoms with Crippen molar-refractivity contribution < 1.29 is 0 Å². The minimum atomic E-state index is 0.910. The summed E-state index contributed by atoms with van der Waals surface area (Å²) in [6.45, 7) is 1.89. The zero-order valence-corrected chi connectivity index (χ0v) is 10.4. The van der Waals surface area contributed by atoms with Gasteiger partial charge in [0.15, 0.2) is 0 Å². The van der Waals surface area contributed by atoms with Crippen molar-refractivity contribution in [3.8, 4) is 0 Å². The molecule has 0 aliphatic heterocycles. The van der Waals surface area contributed by atoms with Crippen LogP contribution in [0.3, 0.4) is 0 Å². The molecule has 0 amide bonds. The summed E-state index contributed by atoms with van der Waals surface area (Å²) in [5, 5.41) is 3.27. The Kier molecular flexibility index (Phi) is 3.93. The second-order valence-corrected chi connectivity index (χ2v) is 4.36. The number of rotatable bonds is 5. The lowest BCUT2D eigenvalue weighted by atomic mass is 10.4. The summed E-state index contributed by atoms with van der Waals surface area (Å²) in [5.74, 6) is 0.911. The molecule has 0 aliphatic carbocycles. The zero-order valence-electron chi connectivity index (χ0n) is 8.81. The number of hydrogen-bond acceptors (Lipinski definition) is 3. The SMILES string of the molecule is Brc1ccc(NCCCn2ccnc2)nc1. The highest BCUT2D eigenvalue weighted by molar-refractivity contribution is 9.10. The van der Waals surface area contributed by atoms with Crippen molar-refractivity contribution in [2.45, 2.75) is 13.0 Å². The van der Waals surface area contributed by atoms with Gasteiger partial charge in [-0.2, -0.15) is 0 Å². The van der Waals surface area contributed by atoms with Crippen LogP contribution in [0.2, 0.25) is 0 Å². The number of anilines is 1. The number of pyridine rings is 1. The summed E-state index contributed by atoms with van der Waals surface area (Å²) in [5.41, 5.74) is 0. The number of nitrogens with one attached hydrogen (secondary N) is 1. The summed E-state index contributed by atoms with van der Waals surface area (Å²) in [4.78, 5) is 8.23. The Labute approximate surface area is 103 Å². The highest BCUT2D eigenvalue weighted by Gasteiger charge is 1.94. The molecule has 0 saturated carbocycles. The number of imidazole rings is 1. The zero-order chi connectivity index (χ0) is 11.2. The van der Waals surface area contributed by atoms with Crippen molar-refractivity contribution in [3.05, 3.63) is 41.5 Å². The van der Waals surface area contributed by atoms with E-state index in [1.54, 1.807) is 12.4 Å². The molecule has 2 aromatic heterocycles. The Bertz CT molecular complexity index is 410. The number of halogens is 1. The Balaban J connectivity index is 1.70. The maximum absolute atomic E-state index is 4.24. The molecule has 0 aromatic carbocycles. The van der Waals surface area contributed by atoms with E-state index in [2.05, 4.69) is 35.8 Å². The highest BCUT2D eigenvalue weighted by atomic mass is 79.9. The van der Waals surface area contributed by atoms with E-state index >= 15 is 0 Å². The van der Waals surface area contributed by atoms with E-state index in [0.717, 1.165) is 29.8 Å². The third kappa shape index (κ3) is 3.34. The second-order valence-electron chi connectivity index (χ2n) is 3.44. The summed E-state index contributed by atoms with van der Waals surface area (Å²) in [6.07, 6.45) is 8.44. The topological polar surface area (TPSA) is 42.7 Å². The molecule has 2 aromatic rings. The fourth-order valence-corrected chi connectivity index (χ4v) is 1.61. The Hall–Kier alpha value is -1.36. The van der Waals surface area contributed by atoms with Crippen LogP contribution < -0.4 is 5.32 Å². The van der Waals surface area contributed by atoms with Gasteiger partial charge in [0.1, 0.15) is 5.82 Å². The lowest BCUT2D eigenvalue weighted by Gasteiger charge is -2.05. The monoisotopic (exact) mass is 280 g/mol. The summed E-state index contributed by atoms with van der Waals surface area (Å²) in [7, 11) is 0. The molecule has 0 radical (unpaired) electrons. The molecule has 0 fully saturated rings. The largest absolute Gasteiger partial charge is 0.370 e. The van der Waals surface area contributed by atoms with Crippen molar-refractivity contribution in [3.63, 3.8) is 0 Å². The lowest BCUT2D eigenvalue weighted by molar-refractivity contribution is 0.660. The first-order chi connectivity index (χ1) is 7.84. The van der Waals surface area contributed by atoms with E-state index in [1.807, 2.05) is 24.7 Å². The summed E-state index contributed by atoms with van der Waals surface area (Å²) in [6, 6.07) is 3.94. The van der Waals surface area contributed by atoms with Gasteiger partial charge in [-0.25, -0.2) is 9.97 Å². The van der Waals surface area contributed by atoms with E-state index in [9.17, 15) is 0 Å². The number of aromatic nitrogens is 3.